The molecule has 1 saturated carbocycles. The maximum absolute atomic E-state index is 10.5. The average molecular weight is 313 g/mol. The highest BCUT2D eigenvalue weighted by molar-refractivity contribution is 7.99. The molecule has 1 atom stereocenters. The fraction of sp³-hybridized carbons (Fsp3) is 0.421. The molecule has 0 spiro atoms. The molecule has 1 heterocycles. The minimum Gasteiger partial charge on any atom is -0.384 e. The molecule has 116 valence electrons. The molecule has 1 aromatic heterocycles. The molecule has 1 N–H and O–H groups in total. The molecule has 3 heteroatoms. The standard InChI is InChI=1S/C19H23NOS/c1-14-12-18(22-16-10-6-3-7-11-16)20-13-17(14)19(21)15-8-4-2-5-9-15/h2,4-5,8-9,12-13,16,19,21H,3,6-7,10-11H2,1H3. The van der Waals surface area contributed by atoms with Gasteiger partial charge >= 0.3 is 0 Å². The van der Waals surface area contributed by atoms with Crippen LogP contribution in [0.4, 0.5) is 0 Å². The van der Waals surface area contributed by atoms with Crippen molar-refractivity contribution in [1.29, 1.82) is 0 Å². The van der Waals surface area contributed by atoms with Gasteiger partial charge < -0.3 is 5.11 Å². The van der Waals surface area contributed by atoms with Crippen molar-refractivity contribution in [3.05, 3.63) is 59.3 Å². The summed E-state index contributed by atoms with van der Waals surface area (Å²) in [7, 11) is 0. The normalized spacial score (nSPS) is 17.4. The van der Waals surface area contributed by atoms with Gasteiger partial charge in [0.25, 0.3) is 0 Å². The summed E-state index contributed by atoms with van der Waals surface area (Å²) in [6.07, 6.45) is 7.94. The number of thioether (sulfide) groups is 1. The summed E-state index contributed by atoms with van der Waals surface area (Å²) in [5.41, 5.74) is 2.93. The smallest absolute Gasteiger partial charge is 0.106 e. The second-order valence-electron chi connectivity index (χ2n) is 6.07. The fourth-order valence-electron chi connectivity index (χ4n) is 3.06. The lowest BCUT2D eigenvalue weighted by Gasteiger charge is -2.21. The van der Waals surface area contributed by atoms with E-state index in [0.29, 0.717) is 5.25 Å². The minimum absolute atomic E-state index is 0.595. The third-order valence-electron chi connectivity index (χ3n) is 4.38. The Kier molecular flexibility index (Phi) is 5.16. The second-order valence-corrected chi connectivity index (χ2v) is 7.39. The van der Waals surface area contributed by atoms with Crippen molar-refractivity contribution < 1.29 is 5.11 Å². The summed E-state index contributed by atoms with van der Waals surface area (Å²) in [6, 6.07) is 11.9. The van der Waals surface area contributed by atoms with Gasteiger partial charge in [0.2, 0.25) is 0 Å². The van der Waals surface area contributed by atoms with Crippen LogP contribution in [0.1, 0.15) is 54.9 Å². The number of hydrogen-bond acceptors (Lipinski definition) is 3. The van der Waals surface area contributed by atoms with Crippen LogP contribution in [0.3, 0.4) is 0 Å². The van der Waals surface area contributed by atoms with E-state index in [9.17, 15) is 5.11 Å². The molecule has 0 aliphatic heterocycles. The Bertz CT molecular complexity index is 608. The third kappa shape index (κ3) is 3.71. The molecular weight excluding hydrogens is 290 g/mol. The number of hydrogen-bond donors (Lipinski definition) is 1. The van der Waals surface area contributed by atoms with Crippen molar-refractivity contribution in [2.45, 2.75) is 55.4 Å². The van der Waals surface area contributed by atoms with Crippen LogP contribution in [0.2, 0.25) is 0 Å². The molecule has 22 heavy (non-hydrogen) atoms. The highest BCUT2D eigenvalue weighted by Crippen LogP contribution is 2.34. The van der Waals surface area contributed by atoms with Crippen LogP contribution in [0.15, 0.2) is 47.6 Å². The van der Waals surface area contributed by atoms with Crippen molar-refractivity contribution in [3.63, 3.8) is 0 Å². The Balaban J connectivity index is 1.74. The number of aryl methyl sites for hydroxylation is 1. The SMILES string of the molecule is Cc1cc(SC2CCCCC2)ncc1C(O)c1ccccc1. The van der Waals surface area contributed by atoms with E-state index in [2.05, 4.69) is 18.0 Å². The van der Waals surface area contributed by atoms with Crippen molar-refractivity contribution in [2.24, 2.45) is 0 Å². The molecule has 0 saturated heterocycles. The van der Waals surface area contributed by atoms with E-state index in [1.165, 1.54) is 32.1 Å². The van der Waals surface area contributed by atoms with Gasteiger partial charge in [0.05, 0.1) is 5.03 Å². The maximum atomic E-state index is 10.5. The fourth-order valence-corrected chi connectivity index (χ4v) is 4.33. The summed E-state index contributed by atoms with van der Waals surface area (Å²) in [5, 5.41) is 12.3. The Morgan fingerprint density at radius 2 is 1.86 bits per heavy atom. The average Bonchev–Trinajstić information content (AvgIpc) is 2.56. The molecular formula is C19H23NOS. The summed E-state index contributed by atoms with van der Waals surface area (Å²) in [4.78, 5) is 4.58. The molecule has 1 unspecified atom stereocenters. The van der Waals surface area contributed by atoms with Crippen LogP contribution in [0, 0.1) is 6.92 Å². The van der Waals surface area contributed by atoms with E-state index >= 15 is 0 Å². The molecule has 2 aromatic rings. The molecule has 0 radical (unpaired) electrons. The maximum Gasteiger partial charge on any atom is 0.106 e. The Morgan fingerprint density at radius 3 is 2.55 bits per heavy atom. The van der Waals surface area contributed by atoms with Crippen LogP contribution in [-0.4, -0.2) is 15.3 Å². The van der Waals surface area contributed by atoms with Gasteiger partial charge in [-0.1, -0.05) is 49.6 Å². The summed E-state index contributed by atoms with van der Waals surface area (Å²) in [5.74, 6) is 0. The van der Waals surface area contributed by atoms with E-state index < -0.39 is 6.10 Å². The van der Waals surface area contributed by atoms with Gasteiger partial charge in [0.1, 0.15) is 6.10 Å². The first-order valence-corrected chi connectivity index (χ1v) is 8.98. The van der Waals surface area contributed by atoms with Crippen molar-refractivity contribution in [3.8, 4) is 0 Å². The molecule has 0 bridgehead atoms. The van der Waals surface area contributed by atoms with Gasteiger partial charge in [-0.3, -0.25) is 0 Å². The monoisotopic (exact) mass is 313 g/mol. The predicted octanol–water partition coefficient (Wildman–Crippen LogP) is 4.90. The summed E-state index contributed by atoms with van der Waals surface area (Å²) >= 11 is 1.90. The number of benzene rings is 1. The largest absolute Gasteiger partial charge is 0.384 e. The van der Waals surface area contributed by atoms with Crippen LogP contribution >= 0.6 is 11.8 Å². The first-order chi connectivity index (χ1) is 10.7. The number of aromatic nitrogens is 1. The lowest BCUT2D eigenvalue weighted by Crippen LogP contribution is -2.08. The molecule has 0 amide bonds. The summed E-state index contributed by atoms with van der Waals surface area (Å²) in [6.45, 7) is 2.06. The zero-order chi connectivity index (χ0) is 15.4. The van der Waals surface area contributed by atoms with Gasteiger partial charge in [-0.05, 0) is 37.0 Å². The topological polar surface area (TPSA) is 33.1 Å². The third-order valence-corrected chi connectivity index (χ3v) is 5.65. The Hall–Kier alpha value is -1.32. The molecule has 1 aliphatic rings. The number of aliphatic hydroxyl groups is 1. The Morgan fingerprint density at radius 1 is 1.14 bits per heavy atom. The summed E-state index contributed by atoms with van der Waals surface area (Å²) < 4.78 is 0. The van der Waals surface area contributed by atoms with Gasteiger partial charge in [0, 0.05) is 17.0 Å². The lowest BCUT2D eigenvalue weighted by atomic mass is 10.00. The zero-order valence-electron chi connectivity index (χ0n) is 13.0. The van der Waals surface area contributed by atoms with Crippen LogP contribution < -0.4 is 0 Å². The van der Waals surface area contributed by atoms with Crippen molar-refractivity contribution >= 4 is 11.8 Å². The van der Waals surface area contributed by atoms with Crippen molar-refractivity contribution in [2.75, 3.05) is 0 Å². The first kappa shape index (κ1) is 15.6. The van der Waals surface area contributed by atoms with E-state index in [1.807, 2.05) is 48.3 Å². The molecule has 2 nitrogen and oxygen atoms in total. The molecule has 1 aliphatic carbocycles. The van der Waals surface area contributed by atoms with Gasteiger partial charge in [-0.2, -0.15) is 0 Å². The molecule has 1 aromatic carbocycles. The van der Waals surface area contributed by atoms with E-state index in [1.54, 1.807) is 0 Å². The zero-order valence-corrected chi connectivity index (χ0v) is 13.9. The van der Waals surface area contributed by atoms with E-state index in [0.717, 1.165) is 21.7 Å². The number of pyridine rings is 1. The van der Waals surface area contributed by atoms with Gasteiger partial charge in [0.15, 0.2) is 0 Å². The van der Waals surface area contributed by atoms with Crippen LogP contribution in [0.25, 0.3) is 0 Å². The predicted molar refractivity (Wildman–Crippen MR) is 92.2 cm³/mol. The first-order valence-electron chi connectivity index (χ1n) is 8.10. The van der Waals surface area contributed by atoms with Gasteiger partial charge in [-0.25, -0.2) is 4.98 Å². The minimum atomic E-state index is -0.595. The highest BCUT2D eigenvalue weighted by Gasteiger charge is 2.17. The second kappa shape index (κ2) is 7.30. The molecule has 3 rings (SSSR count). The highest BCUT2D eigenvalue weighted by atomic mass is 32.2. The molecule has 1 fully saturated rings. The Labute approximate surface area is 137 Å². The number of rotatable bonds is 4. The van der Waals surface area contributed by atoms with Crippen molar-refractivity contribution in [1.82, 2.24) is 4.98 Å². The number of aliphatic hydroxyl groups excluding tert-OH is 1. The number of nitrogens with zero attached hydrogens (tertiary/aromatic N) is 1. The quantitative estimate of drug-likeness (QED) is 0.872. The van der Waals surface area contributed by atoms with E-state index in [-0.39, 0.29) is 0 Å². The van der Waals surface area contributed by atoms with Gasteiger partial charge in [-0.15, -0.1) is 11.8 Å². The lowest BCUT2D eigenvalue weighted by molar-refractivity contribution is 0.219. The van der Waals surface area contributed by atoms with Crippen LogP contribution in [-0.2, 0) is 0 Å². The van der Waals surface area contributed by atoms with E-state index in [4.69, 9.17) is 0 Å². The van der Waals surface area contributed by atoms with Crippen LogP contribution in [0.5, 0.6) is 0 Å².